The Kier molecular flexibility index (Phi) is 4.15. The molecule has 1 aliphatic rings. The topological polar surface area (TPSA) is 80.5 Å². The summed E-state index contributed by atoms with van der Waals surface area (Å²) in [7, 11) is -2.04. The summed E-state index contributed by atoms with van der Waals surface area (Å²) in [5, 5.41) is 5.13. The molecule has 0 unspecified atom stereocenters. The largest absolute Gasteiger partial charge is 0.341 e. The standard InChI is InChI=1S/C14H20N2O3S/c1-3-11-6-7-12(20(15,18)19)8-13(11)14(17)16(2)9-10-4-5-10/h6-8,10H,3-5,9H2,1-2H3,(H2,15,18,19). The van der Waals surface area contributed by atoms with Crippen LogP contribution in [0.5, 0.6) is 0 Å². The number of primary sulfonamides is 1. The molecule has 0 atom stereocenters. The maximum atomic E-state index is 12.5. The Hall–Kier alpha value is -1.40. The molecule has 1 amide bonds. The zero-order chi connectivity index (χ0) is 14.9. The second-order valence-corrected chi connectivity index (χ2v) is 6.91. The van der Waals surface area contributed by atoms with Gasteiger partial charge in [-0.1, -0.05) is 13.0 Å². The van der Waals surface area contributed by atoms with Crippen molar-refractivity contribution in [3.05, 3.63) is 29.3 Å². The van der Waals surface area contributed by atoms with Gasteiger partial charge in [-0.2, -0.15) is 0 Å². The minimum absolute atomic E-state index is 0.0159. The number of hydrogen-bond donors (Lipinski definition) is 1. The predicted octanol–water partition coefficient (Wildman–Crippen LogP) is 1.38. The first-order chi connectivity index (χ1) is 9.32. The van der Waals surface area contributed by atoms with E-state index in [4.69, 9.17) is 5.14 Å². The first kappa shape index (κ1) is 15.0. The van der Waals surface area contributed by atoms with Gasteiger partial charge in [-0.05, 0) is 42.9 Å². The van der Waals surface area contributed by atoms with E-state index in [0.29, 0.717) is 17.9 Å². The van der Waals surface area contributed by atoms with Crippen LogP contribution >= 0.6 is 0 Å². The average Bonchev–Trinajstić information content (AvgIpc) is 3.19. The van der Waals surface area contributed by atoms with Crippen molar-refractivity contribution >= 4 is 15.9 Å². The summed E-state index contributed by atoms with van der Waals surface area (Å²) in [5.41, 5.74) is 1.27. The molecule has 6 heteroatoms. The minimum atomic E-state index is -3.79. The van der Waals surface area contributed by atoms with Crippen molar-refractivity contribution < 1.29 is 13.2 Å². The van der Waals surface area contributed by atoms with Crippen LogP contribution in [-0.4, -0.2) is 32.8 Å². The Morgan fingerprint density at radius 2 is 2.05 bits per heavy atom. The summed E-state index contributed by atoms with van der Waals surface area (Å²) in [6, 6.07) is 4.50. The number of amides is 1. The van der Waals surface area contributed by atoms with Crippen molar-refractivity contribution in [3.8, 4) is 0 Å². The van der Waals surface area contributed by atoms with Crippen LogP contribution in [0.3, 0.4) is 0 Å². The van der Waals surface area contributed by atoms with Crippen LogP contribution in [0.25, 0.3) is 0 Å². The first-order valence-corrected chi connectivity index (χ1v) is 8.28. The summed E-state index contributed by atoms with van der Waals surface area (Å²) in [6.07, 6.45) is 2.99. The summed E-state index contributed by atoms with van der Waals surface area (Å²) in [5.74, 6) is 0.453. The second-order valence-electron chi connectivity index (χ2n) is 5.35. The maximum absolute atomic E-state index is 12.5. The molecule has 5 nitrogen and oxygen atoms in total. The SMILES string of the molecule is CCc1ccc(S(N)(=O)=O)cc1C(=O)N(C)CC1CC1. The number of hydrogen-bond acceptors (Lipinski definition) is 3. The number of sulfonamides is 1. The molecule has 1 aromatic carbocycles. The first-order valence-electron chi connectivity index (χ1n) is 6.74. The summed E-state index contributed by atoms with van der Waals surface area (Å²) in [4.78, 5) is 14.1. The lowest BCUT2D eigenvalue weighted by Crippen LogP contribution is -2.30. The molecular weight excluding hydrogens is 276 g/mol. The van der Waals surface area contributed by atoms with Crippen LogP contribution in [0, 0.1) is 5.92 Å². The molecule has 20 heavy (non-hydrogen) atoms. The fraction of sp³-hybridized carbons (Fsp3) is 0.500. The highest BCUT2D eigenvalue weighted by Gasteiger charge is 2.26. The Morgan fingerprint density at radius 1 is 1.40 bits per heavy atom. The van der Waals surface area contributed by atoms with Gasteiger partial charge in [0.25, 0.3) is 5.91 Å². The van der Waals surface area contributed by atoms with Crippen molar-refractivity contribution in [1.82, 2.24) is 4.90 Å². The van der Waals surface area contributed by atoms with E-state index in [9.17, 15) is 13.2 Å². The number of carbonyl (C=O) groups excluding carboxylic acids is 1. The lowest BCUT2D eigenvalue weighted by atomic mass is 10.0. The molecule has 2 rings (SSSR count). The molecule has 0 saturated heterocycles. The van der Waals surface area contributed by atoms with E-state index in [1.54, 1.807) is 18.0 Å². The van der Waals surface area contributed by atoms with Crippen LogP contribution in [0.2, 0.25) is 0 Å². The van der Waals surface area contributed by atoms with E-state index in [-0.39, 0.29) is 10.8 Å². The second kappa shape index (κ2) is 5.54. The molecule has 0 bridgehead atoms. The smallest absolute Gasteiger partial charge is 0.253 e. The molecule has 0 heterocycles. The molecule has 0 aliphatic heterocycles. The Bertz CT molecular complexity index is 621. The summed E-state index contributed by atoms with van der Waals surface area (Å²) in [6.45, 7) is 2.66. The molecule has 1 fully saturated rings. The normalized spacial score (nSPS) is 15.2. The van der Waals surface area contributed by atoms with Gasteiger partial charge >= 0.3 is 0 Å². The van der Waals surface area contributed by atoms with Crippen LogP contribution < -0.4 is 5.14 Å². The number of rotatable bonds is 5. The molecular formula is C14H20N2O3S. The van der Waals surface area contributed by atoms with Crippen molar-refractivity contribution in [1.29, 1.82) is 0 Å². The lowest BCUT2D eigenvalue weighted by molar-refractivity contribution is 0.0787. The molecule has 1 aliphatic carbocycles. The summed E-state index contributed by atoms with van der Waals surface area (Å²) >= 11 is 0. The Labute approximate surface area is 119 Å². The molecule has 1 saturated carbocycles. The van der Waals surface area contributed by atoms with E-state index in [0.717, 1.165) is 24.9 Å². The molecule has 0 radical (unpaired) electrons. The van der Waals surface area contributed by atoms with Crippen LogP contribution in [0.15, 0.2) is 23.1 Å². The lowest BCUT2D eigenvalue weighted by Gasteiger charge is -2.19. The van der Waals surface area contributed by atoms with Gasteiger partial charge in [0.2, 0.25) is 10.0 Å². The van der Waals surface area contributed by atoms with Gasteiger partial charge in [0.1, 0.15) is 0 Å². The van der Waals surface area contributed by atoms with Crippen LogP contribution in [0.4, 0.5) is 0 Å². The Balaban J connectivity index is 2.34. The van der Waals surface area contributed by atoms with Gasteiger partial charge in [-0.15, -0.1) is 0 Å². The van der Waals surface area contributed by atoms with Crippen molar-refractivity contribution in [2.24, 2.45) is 11.1 Å². The fourth-order valence-corrected chi connectivity index (χ4v) is 2.76. The predicted molar refractivity (Wildman–Crippen MR) is 76.9 cm³/mol. The van der Waals surface area contributed by atoms with Gasteiger partial charge in [0, 0.05) is 19.2 Å². The zero-order valence-electron chi connectivity index (χ0n) is 11.8. The van der Waals surface area contributed by atoms with Crippen LogP contribution in [-0.2, 0) is 16.4 Å². The molecule has 110 valence electrons. The fourth-order valence-electron chi connectivity index (χ4n) is 2.22. The van der Waals surface area contributed by atoms with Gasteiger partial charge in [-0.3, -0.25) is 4.79 Å². The Morgan fingerprint density at radius 3 is 2.55 bits per heavy atom. The number of nitrogens with zero attached hydrogens (tertiary/aromatic N) is 1. The monoisotopic (exact) mass is 296 g/mol. The van der Waals surface area contributed by atoms with Gasteiger partial charge in [-0.25, -0.2) is 13.6 Å². The zero-order valence-corrected chi connectivity index (χ0v) is 12.6. The minimum Gasteiger partial charge on any atom is -0.341 e. The van der Waals surface area contributed by atoms with Gasteiger partial charge < -0.3 is 4.90 Å². The van der Waals surface area contributed by atoms with Crippen molar-refractivity contribution in [2.45, 2.75) is 31.1 Å². The van der Waals surface area contributed by atoms with Crippen molar-refractivity contribution in [2.75, 3.05) is 13.6 Å². The van der Waals surface area contributed by atoms with Crippen LogP contribution in [0.1, 0.15) is 35.7 Å². The van der Waals surface area contributed by atoms with E-state index < -0.39 is 10.0 Å². The molecule has 2 N–H and O–H groups in total. The third-order valence-electron chi connectivity index (χ3n) is 3.60. The highest BCUT2D eigenvalue weighted by Crippen LogP contribution is 2.30. The number of aryl methyl sites for hydroxylation is 1. The van der Waals surface area contributed by atoms with E-state index >= 15 is 0 Å². The number of benzene rings is 1. The molecule has 1 aromatic rings. The third kappa shape index (κ3) is 3.37. The number of carbonyl (C=O) groups is 1. The quantitative estimate of drug-likeness (QED) is 0.891. The maximum Gasteiger partial charge on any atom is 0.253 e. The summed E-state index contributed by atoms with van der Waals surface area (Å²) < 4.78 is 22.8. The molecule has 0 spiro atoms. The van der Waals surface area contributed by atoms with Crippen molar-refractivity contribution in [3.63, 3.8) is 0 Å². The van der Waals surface area contributed by atoms with E-state index in [1.165, 1.54) is 12.1 Å². The van der Waals surface area contributed by atoms with Gasteiger partial charge in [0.15, 0.2) is 0 Å². The third-order valence-corrected chi connectivity index (χ3v) is 4.51. The number of nitrogens with two attached hydrogens (primary N) is 1. The molecule has 0 aromatic heterocycles. The van der Waals surface area contributed by atoms with E-state index in [1.807, 2.05) is 6.92 Å². The highest BCUT2D eigenvalue weighted by molar-refractivity contribution is 7.89. The van der Waals surface area contributed by atoms with E-state index in [2.05, 4.69) is 0 Å². The highest BCUT2D eigenvalue weighted by atomic mass is 32.2. The average molecular weight is 296 g/mol. The van der Waals surface area contributed by atoms with Gasteiger partial charge in [0.05, 0.1) is 4.90 Å².